The average Bonchev–Trinajstić information content (AvgIpc) is 2.69. The molecule has 76 valence electrons. The van der Waals surface area contributed by atoms with Crippen LogP contribution in [-0.2, 0) is 0 Å². The van der Waals surface area contributed by atoms with Crippen LogP contribution in [0.15, 0.2) is 33.9 Å². The fourth-order valence-electron chi connectivity index (χ4n) is 1.03. The normalized spacial score (nSPS) is 11.0. The number of nitrogens with zero attached hydrogens (tertiary/aromatic N) is 4. The molecule has 15 heavy (non-hydrogen) atoms. The predicted molar refractivity (Wildman–Crippen MR) is 56.9 cm³/mol. The highest BCUT2D eigenvalue weighted by atomic mass is 32.1. The van der Waals surface area contributed by atoms with Crippen molar-refractivity contribution in [1.82, 2.24) is 10.2 Å². The molecule has 0 radical (unpaired) electrons. The molecule has 6 heteroatoms. The SMILES string of the molecule is Cc1ccc(N=Nc2nncs2)c(O)c1. The molecular formula is C9H8N4OS. The number of azo groups is 1. The molecule has 0 spiro atoms. The topological polar surface area (TPSA) is 70.7 Å². The van der Waals surface area contributed by atoms with Crippen LogP contribution in [0.25, 0.3) is 0 Å². The zero-order chi connectivity index (χ0) is 10.7. The number of rotatable bonds is 2. The standard InChI is InChI=1S/C9H8N4OS/c1-6-2-3-7(8(14)4-6)11-13-9-12-10-5-15-9/h2-5,14H,1H3. The van der Waals surface area contributed by atoms with Gasteiger partial charge in [-0.2, -0.15) is 0 Å². The lowest BCUT2D eigenvalue weighted by Crippen LogP contribution is -1.71. The quantitative estimate of drug-likeness (QED) is 0.791. The largest absolute Gasteiger partial charge is 0.506 e. The Kier molecular flexibility index (Phi) is 2.68. The first kappa shape index (κ1) is 9.72. The Bertz CT molecular complexity index is 481. The second-order valence-corrected chi connectivity index (χ2v) is 3.73. The van der Waals surface area contributed by atoms with Crippen molar-refractivity contribution in [2.24, 2.45) is 10.2 Å². The number of hydrogen-bond donors (Lipinski definition) is 1. The Morgan fingerprint density at radius 1 is 1.33 bits per heavy atom. The lowest BCUT2D eigenvalue weighted by molar-refractivity contribution is 0.476. The van der Waals surface area contributed by atoms with E-state index >= 15 is 0 Å². The van der Waals surface area contributed by atoms with Crippen LogP contribution in [0.3, 0.4) is 0 Å². The second-order valence-electron chi connectivity index (χ2n) is 2.91. The van der Waals surface area contributed by atoms with Gasteiger partial charge in [-0.25, -0.2) is 0 Å². The Morgan fingerprint density at radius 3 is 2.87 bits per heavy atom. The third-order valence-electron chi connectivity index (χ3n) is 1.72. The van der Waals surface area contributed by atoms with Crippen molar-refractivity contribution in [1.29, 1.82) is 0 Å². The van der Waals surface area contributed by atoms with E-state index in [0.29, 0.717) is 10.8 Å². The Balaban J connectivity index is 2.24. The average molecular weight is 220 g/mol. The van der Waals surface area contributed by atoms with Crippen LogP contribution in [0.5, 0.6) is 5.75 Å². The molecule has 0 saturated heterocycles. The molecule has 2 rings (SSSR count). The molecule has 1 N–H and O–H groups in total. The van der Waals surface area contributed by atoms with Gasteiger partial charge >= 0.3 is 0 Å². The van der Waals surface area contributed by atoms with E-state index in [0.717, 1.165) is 5.56 Å². The molecule has 0 atom stereocenters. The first-order chi connectivity index (χ1) is 7.25. The zero-order valence-corrected chi connectivity index (χ0v) is 8.77. The van der Waals surface area contributed by atoms with Crippen molar-refractivity contribution in [2.45, 2.75) is 6.92 Å². The van der Waals surface area contributed by atoms with Crippen molar-refractivity contribution in [2.75, 3.05) is 0 Å². The van der Waals surface area contributed by atoms with Gasteiger partial charge in [-0.1, -0.05) is 17.4 Å². The molecule has 0 unspecified atom stereocenters. The number of phenolic OH excluding ortho intramolecular Hbond substituents is 1. The molecule has 0 aliphatic heterocycles. The summed E-state index contributed by atoms with van der Waals surface area (Å²) in [6.07, 6.45) is 0. The van der Waals surface area contributed by atoms with Gasteiger partial charge < -0.3 is 5.11 Å². The van der Waals surface area contributed by atoms with E-state index in [1.54, 1.807) is 17.6 Å². The molecule has 0 bridgehead atoms. The highest BCUT2D eigenvalue weighted by Crippen LogP contribution is 2.28. The minimum absolute atomic E-state index is 0.114. The van der Waals surface area contributed by atoms with Crippen LogP contribution in [0, 0.1) is 6.92 Å². The van der Waals surface area contributed by atoms with Crippen LogP contribution < -0.4 is 0 Å². The fraction of sp³-hybridized carbons (Fsp3) is 0.111. The second kappa shape index (κ2) is 4.14. The molecule has 1 aromatic heterocycles. The first-order valence-corrected chi connectivity index (χ1v) is 5.11. The molecule has 0 aliphatic rings. The van der Waals surface area contributed by atoms with E-state index in [9.17, 15) is 5.11 Å². The maximum atomic E-state index is 9.53. The number of aromatic hydroxyl groups is 1. The zero-order valence-electron chi connectivity index (χ0n) is 7.95. The maximum absolute atomic E-state index is 9.53. The Morgan fingerprint density at radius 2 is 2.20 bits per heavy atom. The molecule has 2 aromatic rings. The molecule has 1 aromatic carbocycles. The van der Waals surface area contributed by atoms with E-state index < -0.39 is 0 Å². The Hall–Kier alpha value is -1.82. The number of benzene rings is 1. The molecule has 1 heterocycles. The van der Waals surface area contributed by atoms with Gasteiger partial charge in [0.25, 0.3) is 5.13 Å². The predicted octanol–water partition coefficient (Wildman–Crippen LogP) is 2.97. The smallest absolute Gasteiger partial charge is 0.251 e. The monoisotopic (exact) mass is 220 g/mol. The maximum Gasteiger partial charge on any atom is 0.251 e. The van der Waals surface area contributed by atoms with Crippen molar-refractivity contribution in [3.05, 3.63) is 29.3 Å². The lowest BCUT2D eigenvalue weighted by Gasteiger charge is -1.97. The molecule has 5 nitrogen and oxygen atoms in total. The first-order valence-electron chi connectivity index (χ1n) is 4.23. The van der Waals surface area contributed by atoms with Gasteiger partial charge in [0.2, 0.25) is 0 Å². The fourth-order valence-corrected chi connectivity index (χ4v) is 1.40. The number of hydrogen-bond acceptors (Lipinski definition) is 6. The number of aromatic nitrogens is 2. The van der Waals surface area contributed by atoms with Gasteiger partial charge in [0.1, 0.15) is 16.9 Å². The summed E-state index contributed by atoms with van der Waals surface area (Å²) >= 11 is 1.29. The summed E-state index contributed by atoms with van der Waals surface area (Å²) in [5, 5.41) is 25.0. The number of phenols is 1. The van der Waals surface area contributed by atoms with Crippen molar-refractivity contribution in [3.8, 4) is 5.75 Å². The van der Waals surface area contributed by atoms with E-state index in [1.165, 1.54) is 11.3 Å². The van der Waals surface area contributed by atoms with Crippen molar-refractivity contribution in [3.63, 3.8) is 0 Å². The van der Waals surface area contributed by atoms with Crippen LogP contribution in [0.2, 0.25) is 0 Å². The van der Waals surface area contributed by atoms with Crippen LogP contribution >= 0.6 is 11.3 Å². The lowest BCUT2D eigenvalue weighted by atomic mass is 10.2. The summed E-state index contributed by atoms with van der Waals surface area (Å²) in [5.41, 5.74) is 2.97. The minimum Gasteiger partial charge on any atom is -0.506 e. The third-order valence-corrected chi connectivity index (χ3v) is 2.30. The van der Waals surface area contributed by atoms with Gasteiger partial charge in [0.05, 0.1) is 0 Å². The summed E-state index contributed by atoms with van der Waals surface area (Å²) in [6, 6.07) is 5.19. The molecule has 0 saturated carbocycles. The molecular weight excluding hydrogens is 212 g/mol. The van der Waals surface area contributed by atoms with Gasteiger partial charge in [0, 0.05) is 0 Å². The molecule has 0 fully saturated rings. The van der Waals surface area contributed by atoms with Crippen LogP contribution in [0.1, 0.15) is 5.56 Å². The van der Waals surface area contributed by atoms with Gasteiger partial charge in [0.15, 0.2) is 0 Å². The van der Waals surface area contributed by atoms with Gasteiger partial charge in [-0.05, 0) is 24.6 Å². The summed E-state index contributed by atoms with van der Waals surface area (Å²) in [7, 11) is 0. The van der Waals surface area contributed by atoms with Crippen molar-refractivity contribution >= 4 is 22.2 Å². The number of aryl methyl sites for hydroxylation is 1. The van der Waals surface area contributed by atoms with Crippen LogP contribution in [0.4, 0.5) is 10.8 Å². The Labute approximate surface area is 90.1 Å². The molecule has 0 amide bonds. The highest BCUT2D eigenvalue weighted by molar-refractivity contribution is 7.13. The van der Waals surface area contributed by atoms with E-state index in [1.807, 2.05) is 13.0 Å². The van der Waals surface area contributed by atoms with Gasteiger partial charge in [-0.3, -0.25) is 0 Å². The summed E-state index contributed by atoms with van der Waals surface area (Å²) in [5.74, 6) is 0.114. The van der Waals surface area contributed by atoms with Crippen LogP contribution in [-0.4, -0.2) is 15.3 Å². The summed E-state index contributed by atoms with van der Waals surface area (Å²) < 4.78 is 0. The summed E-state index contributed by atoms with van der Waals surface area (Å²) in [4.78, 5) is 0. The van der Waals surface area contributed by atoms with Crippen molar-refractivity contribution < 1.29 is 5.11 Å². The highest BCUT2D eigenvalue weighted by Gasteiger charge is 1.99. The minimum atomic E-state index is 0.114. The van der Waals surface area contributed by atoms with E-state index in [-0.39, 0.29) is 5.75 Å². The third kappa shape index (κ3) is 2.35. The van der Waals surface area contributed by atoms with E-state index in [4.69, 9.17) is 0 Å². The van der Waals surface area contributed by atoms with E-state index in [2.05, 4.69) is 20.4 Å². The van der Waals surface area contributed by atoms with Gasteiger partial charge in [-0.15, -0.1) is 20.4 Å². The summed E-state index contributed by atoms with van der Waals surface area (Å²) in [6.45, 7) is 1.89. The molecule has 0 aliphatic carbocycles.